The number of aryl methyl sites for hydroxylation is 1. The minimum absolute atomic E-state index is 0.631. The first-order valence-electron chi connectivity index (χ1n) is 5.30. The predicted molar refractivity (Wildman–Crippen MR) is 65.2 cm³/mol. The van der Waals surface area contributed by atoms with Gasteiger partial charge in [-0.3, -0.25) is 4.68 Å². The van der Waals surface area contributed by atoms with Crippen molar-refractivity contribution >= 4 is 11.6 Å². The fourth-order valence-electron chi connectivity index (χ4n) is 1.41. The van der Waals surface area contributed by atoms with Crippen LogP contribution in [0.1, 0.15) is 5.82 Å². The molecule has 90 valence electrons. The fourth-order valence-corrected chi connectivity index (χ4v) is 1.41. The Balaban J connectivity index is 1.85. The van der Waals surface area contributed by atoms with Crippen LogP contribution in [0, 0.1) is 0 Å². The van der Waals surface area contributed by atoms with Crippen LogP contribution in [-0.2, 0) is 13.5 Å². The molecule has 4 N–H and O–H groups in total. The number of rotatable bonds is 5. The van der Waals surface area contributed by atoms with E-state index in [-0.39, 0.29) is 0 Å². The molecule has 0 aliphatic rings. The van der Waals surface area contributed by atoms with E-state index >= 15 is 0 Å². The summed E-state index contributed by atoms with van der Waals surface area (Å²) in [4.78, 5) is 8.37. The van der Waals surface area contributed by atoms with Crippen molar-refractivity contribution in [1.29, 1.82) is 0 Å². The van der Waals surface area contributed by atoms with Crippen LogP contribution < -0.4 is 16.6 Å². The molecule has 2 rings (SSSR count). The molecule has 0 unspecified atom stereocenters. The van der Waals surface area contributed by atoms with E-state index in [0.717, 1.165) is 24.6 Å². The van der Waals surface area contributed by atoms with Crippen LogP contribution >= 0.6 is 0 Å². The molecule has 0 aliphatic heterocycles. The average molecular weight is 233 g/mol. The third-order valence-electron chi connectivity index (χ3n) is 2.20. The molecule has 0 amide bonds. The van der Waals surface area contributed by atoms with E-state index < -0.39 is 0 Å². The maximum atomic E-state index is 5.28. The molecule has 2 aromatic heterocycles. The molecular formula is C10H15N7. The highest BCUT2D eigenvalue weighted by molar-refractivity contribution is 5.44. The Labute approximate surface area is 99.0 Å². The number of nitrogens with two attached hydrogens (primary N) is 1. The van der Waals surface area contributed by atoms with Crippen molar-refractivity contribution in [2.45, 2.75) is 6.42 Å². The second-order valence-corrected chi connectivity index (χ2v) is 3.56. The predicted octanol–water partition coefficient (Wildman–Crippen LogP) is 0.150. The Morgan fingerprint density at radius 1 is 1.35 bits per heavy atom. The monoisotopic (exact) mass is 233 g/mol. The van der Waals surface area contributed by atoms with Crippen molar-refractivity contribution in [1.82, 2.24) is 19.7 Å². The average Bonchev–Trinajstić information content (AvgIpc) is 2.75. The number of hydrogen-bond donors (Lipinski definition) is 3. The summed E-state index contributed by atoms with van der Waals surface area (Å²) in [5.41, 5.74) is 2.50. The zero-order chi connectivity index (χ0) is 12.1. The van der Waals surface area contributed by atoms with Crippen molar-refractivity contribution in [2.24, 2.45) is 12.9 Å². The van der Waals surface area contributed by atoms with Gasteiger partial charge in [0.05, 0.1) is 0 Å². The number of nitrogens with one attached hydrogen (secondary N) is 2. The van der Waals surface area contributed by atoms with Gasteiger partial charge in [0, 0.05) is 20.0 Å². The zero-order valence-corrected chi connectivity index (χ0v) is 9.59. The third kappa shape index (κ3) is 3.15. The van der Waals surface area contributed by atoms with E-state index in [9.17, 15) is 0 Å². The van der Waals surface area contributed by atoms with Crippen LogP contribution in [0.25, 0.3) is 0 Å². The highest BCUT2D eigenvalue weighted by atomic mass is 15.3. The number of nitrogen functional groups attached to an aromatic ring is 1. The van der Waals surface area contributed by atoms with E-state index in [0.29, 0.717) is 5.82 Å². The van der Waals surface area contributed by atoms with Crippen LogP contribution in [0.3, 0.4) is 0 Å². The number of anilines is 2. The Hall–Kier alpha value is -2.15. The molecule has 17 heavy (non-hydrogen) atoms. The summed E-state index contributed by atoms with van der Waals surface area (Å²) in [7, 11) is 1.85. The van der Waals surface area contributed by atoms with Gasteiger partial charge in [0.15, 0.2) is 5.82 Å². The molecule has 0 saturated carbocycles. The van der Waals surface area contributed by atoms with E-state index in [1.165, 1.54) is 0 Å². The zero-order valence-electron chi connectivity index (χ0n) is 9.59. The van der Waals surface area contributed by atoms with E-state index in [2.05, 4.69) is 25.8 Å². The molecule has 2 aromatic rings. The molecule has 0 spiro atoms. The second-order valence-electron chi connectivity index (χ2n) is 3.56. The Kier molecular flexibility index (Phi) is 3.51. The molecule has 0 radical (unpaired) electrons. The molecule has 0 saturated heterocycles. The van der Waals surface area contributed by atoms with Crippen molar-refractivity contribution in [3.63, 3.8) is 0 Å². The lowest BCUT2D eigenvalue weighted by Crippen LogP contribution is -2.11. The summed E-state index contributed by atoms with van der Waals surface area (Å²) in [6.07, 6.45) is 2.44. The number of pyridine rings is 1. The van der Waals surface area contributed by atoms with Crippen LogP contribution in [0.5, 0.6) is 0 Å². The van der Waals surface area contributed by atoms with Gasteiger partial charge in [0.25, 0.3) is 0 Å². The number of nitrogens with zero attached hydrogens (tertiary/aromatic N) is 4. The van der Waals surface area contributed by atoms with E-state index in [1.54, 1.807) is 17.1 Å². The van der Waals surface area contributed by atoms with Crippen molar-refractivity contribution in [3.05, 3.63) is 30.4 Å². The lowest BCUT2D eigenvalue weighted by Gasteiger charge is -2.05. The molecule has 7 nitrogen and oxygen atoms in total. The molecule has 0 atom stereocenters. The Bertz CT molecular complexity index is 479. The molecule has 0 aromatic carbocycles. The summed E-state index contributed by atoms with van der Waals surface area (Å²) in [5, 5.41) is 7.37. The lowest BCUT2D eigenvalue weighted by atomic mass is 10.4. The van der Waals surface area contributed by atoms with Crippen LogP contribution in [0.4, 0.5) is 11.6 Å². The van der Waals surface area contributed by atoms with Gasteiger partial charge >= 0.3 is 0 Å². The Morgan fingerprint density at radius 3 is 2.88 bits per heavy atom. The largest absolute Gasteiger partial charge is 0.370 e. The maximum absolute atomic E-state index is 5.28. The van der Waals surface area contributed by atoms with Crippen LogP contribution in [0.2, 0.25) is 0 Å². The highest BCUT2D eigenvalue weighted by Crippen LogP contribution is 2.07. The molecule has 0 aliphatic carbocycles. The SMILES string of the molecule is Cn1cnc(CCNc2cccc(NN)n2)n1. The van der Waals surface area contributed by atoms with Gasteiger partial charge in [-0.2, -0.15) is 5.10 Å². The molecule has 7 heteroatoms. The molecule has 0 bridgehead atoms. The smallest absolute Gasteiger partial charge is 0.152 e. The first-order valence-corrected chi connectivity index (χ1v) is 5.30. The van der Waals surface area contributed by atoms with Gasteiger partial charge in [0.1, 0.15) is 18.0 Å². The highest BCUT2D eigenvalue weighted by Gasteiger charge is 1.99. The van der Waals surface area contributed by atoms with Crippen molar-refractivity contribution in [2.75, 3.05) is 17.3 Å². The summed E-state index contributed by atoms with van der Waals surface area (Å²) in [5.74, 6) is 7.50. The quantitative estimate of drug-likeness (QED) is 0.503. The molecule has 0 fully saturated rings. The van der Waals surface area contributed by atoms with Crippen LogP contribution in [0.15, 0.2) is 24.5 Å². The Morgan fingerprint density at radius 2 is 2.18 bits per heavy atom. The van der Waals surface area contributed by atoms with Gasteiger partial charge in [-0.15, -0.1) is 0 Å². The van der Waals surface area contributed by atoms with Gasteiger partial charge in [-0.25, -0.2) is 15.8 Å². The van der Waals surface area contributed by atoms with Gasteiger partial charge < -0.3 is 10.7 Å². The minimum atomic E-state index is 0.631. The maximum Gasteiger partial charge on any atom is 0.152 e. The van der Waals surface area contributed by atoms with Gasteiger partial charge in [-0.05, 0) is 12.1 Å². The minimum Gasteiger partial charge on any atom is -0.370 e. The molecule has 2 heterocycles. The fraction of sp³-hybridized carbons (Fsp3) is 0.300. The summed E-state index contributed by atoms with van der Waals surface area (Å²) in [6, 6.07) is 5.56. The van der Waals surface area contributed by atoms with E-state index in [1.807, 2.05) is 19.2 Å². The standard InChI is InChI=1S/C10H15N7/c1-17-7-13-9(16-17)5-6-12-8-3-2-4-10(14-8)15-11/h2-4,7H,5-6,11H2,1H3,(H2,12,14,15). The third-order valence-corrected chi connectivity index (χ3v) is 2.20. The second kappa shape index (κ2) is 5.26. The first-order chi connectivity index (χ1) is 8.28. The summed E-state index contributed by atoms with van der Waals surface area (Å²) >= 11 is 0. The summed E-state index contributed by atoms with van der Waals surface area (Å²) < 4.78 is 1.69. The topological polar surface area (TPSA) is 93.7 Å². The first kappa shape index (κ1) is 11.3. The number of hydrogen-bond acceptors (Lipinski definition) is 6. The normalized spacial score (nSPS) is 10.2. The van der Waals surface area contributed by atoms with Crippen LogP contribution in [-0.4, -0.2) is 26.3 Å². The van der Waals surface area contributed by atoms with Gasteiger partial charge in [-0.1, -0.05) is 6.07 Å². The number of hydrazine groups is 1. The lowest BCUT2D eigenvalue weighted by molar-refractivity contribution is 0.742. The van der Waals surface area contributed by atoms with Crippen molar-refractivity contribution < 1.29 is 0 Å². The van der Waals surface area contributed by atoms with Gasteiger partial charge in [0.2, 0.25) is 0 Å². The van der Waals surface area contributed by atoms with Crippen molar-refractivity contribution in [3.8, 4) is 0 Å². The van der Waals surface area contributed by atoms with E-state index in [4.69, 9.17) is 5.84 Å². The number of aromatic nitrogens is 4. The summed E-state index contributed by atoms with van der Waals surface area (Å²) in [6.45, 7) is 0.727. The molecular weight excluding hydrogens is 218 g/mol.